The zero-order valence-electron chi connectivity index (χ0n) is 14.5. The molecule has 2 aromatic carbocycles. The molecule has 0 saturated heterocycles. The molecule has 1 aliphatic carbocycles. The normalized spacial score (nSPS) is 13.6. The summed E-state index contributed by atoms with van der Waals surface area (Å²) >= 11 is 0. The van der Waals surface area contributed by atoms with Gasteiger partial charge in [0.25, 0.3) is 0 Å². The molecule has 0 aliphatic heterocycles. The number of hydrogen-bond acceptors (Lipinski definition) is 0. The van der Waals surface area contributed by atoms with Gasteiger partial charge in [-0.1, -0.05) is 44.5 Å². The van der Waals surface area contributed by atoms with E-state index in [1.807, 2.05) is 31.2 Å². The molecule has 0 saturated carbocycles. The van der Waals surface area contributed by atoms with Crippen LogP contribution in [0.15, 0.2) is 30.3 Å². The summed E-state index contributed by atoms with van der Waals surface area (Å²) in [5.41, 5.74) is 5.48. The Morgan fingerprint density at radius 2 is 1.79 bits per heavy atom. The van der Waals surface area contributed by atoms with Crippen LogP contribution in [0.25, 0.3) is 11.6 Å². The molecule has 0 unspecified atom stereocenters. The quantitative estimate of drug-likeness (QED) is 0.600. The van der Waals surface area contributed by atoms with Crippen LogP contribution in [0.5, 0.6) is 0 Å². The molecule has 1 aliphatic rings. The molecule has 0 nitrogen and oxygen atoms in total. The van der Waals surface area contributed by atoms with Crippen molar-refractivity contribution in [3.8, 4) is 0 Å². The number of halogens is 2. The number of fused-ring (bicyclic) bond motifs is 1. The lowest BCUT2D eigenvalue weighted by Crippen LogP contribution is -2.03. The average molecular weight is 326 g/mol. The van der Waals surface area contributed by atoms with Crippen LogP contribution in [0.4, 0.5) is 8.78 Å². The maximum atomic E-state index is 14.5. The highest BCUT2D eigenvalue weighted by Gasteiger charge is 2.17. The molecule has 2 heteroatoms. The molecule has 0 aromatic heterocycles. The number of unbranched alkanes of at least 4 members (excludes halogenated alkanes) is 1. The van der Waals surface area contributed by atoms with Crippen molar-refractivity contribution in [3.63, 3.8) is 0 Å². The van der Waals surface area contributed by atoms with Crippen molar-refractivity contribution in [2.75, 3.05) is 0 Å². The second kappa shape index (κ2) is 7.29. The Balaban J connectivity index is 1.92. The van der Waals surface area contributed by atoms with Gasteiger partial charge >= 0.3 is 0 Å². The minimum atomic E-state index is -0.163. The van der Waals surface area contributed by atoms with Gasteiger partial charge in [0, 0.05) is 5.56 Å². The van der Waals surface area contributed by atoms with Crippen LogP contribution >= 0.6 is 0 Å². The maximum absolute atomic E-state index is 14.5. The fourth-order valence-corrected chi connectivity index (χ4v) is 3.40. The summed E-state index contributed by atoms with van der Waals surface area (Å²) in [5.74, 6) is -0.326. The first-order chi connectivity index (χ1) is 11.6. The second-order valence-corrected chi connectivity index (χ2v) is 6.58. The summed E-state index contributed by atoms with van der Waals surface area (Å²) < 4.78 is 28.6. The van der Waals surface area contributed by atoms with Gasteiger partial charge < -0.3 is 0 Å². The summed E-state index contributed by atoms with van der Waals surface area (Å²) in [7, 11) is 0. The van der Waals surface area contributed by atoms with Crippen LogP contribution in [0, 0.1) is 11.6 Å². The number of aryl methyl sites for hydroxylation is 3. The van der Waals surface area contributed by atoms with Gasteiger partial charge in [0.15, 0.2) is 0 Å². The predicted octanol–water partition coefficient (Wildman–Crippen LogP) is 6.36. The molecule has 3 rings (SSSR count). The van der Waals surface area contributed by atoms with E-state index in [9.17, 15) is 8.78 Å². The highest BCUT2D eigenvalue weighted by Crippen LogP contribution is 2.33. The Kier molecular flexibility index (Phi) is 5.13. The first kappa shape index (κ1) is 16.9. The van der Waals surface area contributed by atoms with Crippen molar-refractivity contribution < 1.29 is 8.78 Å². The molecule has 0 amide bonds. The summed E-state index contributed by atoms with van der Waals surface area (Å²) in [5, 5.41) is 0. The molecule has 0 fully saturated rings. The van der Waals surface area contributed by atoms with Crippen molar-refractivity contribution in [2.45, 2.75) is 52.4 Å². The Labute approximate surface area is 143 Å². The largest absolute Gasteiger partial charge is 0.207 e. The molecular formula is C22H24F2. The zero-order valence-corrected chi connectivity index (χ0v) is 14.5. The van der Waals surface area contributed by atoms with Crippen molar-refractivity contribution in [1.82, 2.24) is 0 Å². The van der Waals surface area contributed by atoms with E-state index >= 15 is 0 Å². The monoisotopic (exact) mass is 326 g/mol. The van der Waals surface area contributed by atoms with Gasteiger partial charge in [-0.25, -0.2) is 8.78 Å². The lowest BCUT2D eigenvalue weighted by Gasteiger charge is -2.19. The molecule has 0 bridgehead atoms. The standard InChI is InChI=1S/C22H24F2/c1-3-5-6-15-7-10-20(22(24)11-15)18-9-8-17-12-16(4-2)21(23)14-19(17)13-18/h7,10-14H,3-6,8-9H2,1-2H3. The summed E-state index contributed by atoms with van der Waals surface area (Å²) in [6.07, 6.45) is 7.39. The molecule has 24 heavy (non-hydrogen) atoms. The third kappa shape index (κ3) is 3.43. The fourth-order valence-electron chi connectivity index (χ4n) is 3.40. The first-order valence-corrected chi connectivity index (χ1v) is 8.93. The SMILES string of the molecule is CCCCc1ccc(C2=Cc3cc(F)c(CC)cc3CC2)c(F)c1. The molecular weight excluding hydrogens is 302 g/mol. The van der Waals surface area contributed by atoms with Crippen molar-refractivity contribution in [3.05, 3.63) is 69.8 Å². The van der Waals surface area contributed by atoms with Crippen LogP contribution in [0.3, 0.4) is 0 Å². The Bertz CT molecular complexity index is 772. The van der Waals surface area contributed by atoms with Gasteiger partial charge in [0.1, 0.15) is 11.6 Å². The van der Waals surface area contributed by atoms with E-state index < -0.39 is 0 Å². The molecule has 0 spiro atoms. The van der Waals surface area contributed by atoms with Gasteiger partial charge in [-0.2, -0.15) is 0 Å². The van der Waals surface area contributed by atoms with Crippen LogP contribution in [-0.4, -0.2) is 0 Å². The minimum absolute atomic E-state index is 0.163. The first-order valence-electron chi connectivity index (χ1n) is 8.93. The predicted molar refractivity (Wildman–Crippen MR) is 97.0 cm³/mol. The van der Waals surface area contributed by atoms with Gasteiger partial charge in [-0.15, -0.1) is 0 Å². The maximum Gasteiger partial charge on any atom is 0.130 e. The Morgan fingerprint density at radius 1 is 0.958 bits per heavy atom. The summed E-state index contributed by atoms with van der Waals surface area (Å²) in [6, 6.07) is 9.12. The molecule has 126 valence electrons. The molecule has 0 N–H and O–H groups in total. The lowest BCUT2D eigenvalue weighted by atomic mass is 9.87. The summed E-state index contributed by atoms with van der Waals surface area (Å²) in [6.45, 7) is 4.10. The second-order valence-electron chi connectivity index (χ2n) is 6.58. The topological polar surface area (TPSA) is 0 Å². The molecule has 2 aromatic rings. The Hall–Kier alpha value is -1.96. The van der Waals surface area contributed by atoms with Gasteiger partial charge in [0.05, 0.1) is 0 Å². The highest BCUT2D eigenvalue weighted by atomic mass is 19.1. The number of allylic oxidation sites excluding steroid dienone is 1. The molecule has 0 atom stereocenters. The van der Waals surface area contributed by atoms with E-state index in [0.717, 1.165) is 59.9 Å². The van der Waals surface area contributed by atoms with Crippen molar-refractivity contribution >= 4 is 11.6 Å². The number of benzene rings is 2. The third-order valence-electron chi connectivity index (χ3n) is 4.88. The Morgan fingerprint density at radius 3 is 2.50 bits per heavy atom. The van der Waals surface area contributed by atoms with Crippen LogP contribution in [-0.2, 0) is 19.3 Å². The van der Waals surface area contributed by atoms with E-state index in [-0.39, 0.29) is 11.6 Å². The van der Waals surface area contributed by atoms with E-state index in [2.05, 4.69) is 6.92 Å². The lowest BCUT2D eigenvalue weighted by molar-refractivity contribution is 0.610. The number of rotatable bonds is 5. The summed E-state index contributed by atoms with van der Waals surface area (Å²) in [4.78, 5) is 0. The number of hydrogen-bond donors (Lipinski definition) is 0. The van der Waals surface area contributed by atoms with Crippen molar-refractivity contribution in [1.29, 1.82) is 0 Å². The van der Waals surface area contributed by atoms with Gasteiger partial charge in [-0.05, 0) is 72.1 Å². The van der Waals surface area contributed by atoms with Gasteiger partial charge in [-0.3, -0.25) is 0 Å². The van der Waals surface area contributed by atoms with E-state index in [0.29, 0.717) is 12.0 Å². The molecule has 0 radical (unpaired) electrons. The fraction of sp³-hybridized carbons (Fsp3) is 0.364. The minimum Gasteiger partial charge on any atom is -0.207 e. The van der Waals surface area contributed by atoms with E-state index in [1.54, 1.807) is 12.1 Å². The van der Waals surface area contributed by atoms with Gasteiger partial charge in [0.2, 0.25) is 0 Å². The third-order valence-corrected chi connectivity index (χ3v) is 4.88. The highest BCUT2D eigenvalue weighted by molar-refractivity contribution is 5.84. The van der Waals surface area contributed by atoms with Crippen LogP contribution in [0.1, 0.15) is 60.9 Å². The van der Waals surface area contributed by atoms with E-state index in [4.69, 9.17) is 0 Å². The molecule has 0 heterocycles. The van der Waals surface area contributed by atoms with E-state index in [1.165, 1.54) is 0 Å². The van der Waals surface area contributed by atoms with Crippen LogP contribution < -0.4 is 0 Å². The van der Waals surface area contributed by atoms with Crippen molar-refractivity contribution in [2.24, 2.45) is 0 Å². The van der Waals surface area contributed by atoms with Crippen LogP contribution in [0.2, 0.25) is 0 Å². The smallest absolute Gasteiger partial charge is 0.130 e. The average Bonchev–Trinajstić information content (AvgIpc) is 2.59. The zero-order chi connectivity index (χ0) is 17.1.